The number of rotatable bonds is 3. The van der Waals surface area contributed by atoms with Crippen LogP contribution in [0.4, 0.5) is 5.13 Å². The smallest absolute Gasteiger partial charge is 0.196 e. The molecule has 1 aliphatic rings. The zero-order chi connectivity index (χ0) is 11.5. The number of hydrogen-bond donors (Lipinski definition) is 0. The lowest BCUT2D eigenvalue weighted by atomic mass is 10.3. The molecule has 0 radical (unpaired) electrons. The van der Waals surface area contributed by atoms with Crippen molar-refractivity contribution in [1.82, 2.24) is 4.98 Å². The van der Waals surface area contributed by atoms with E-state index in [0.717, 1.165) is 18.2 Å². The third-order valence-corrected chi connectivity index (χ3v) is 3.55. The minimum absolute atomic E-state index is 0.0112. The predicted molar refractivity (Wildman–Crippen MR) is 64.8 cm³/mol. The average Bonchev–Trinajstić information content (AvgIpc) is 2.77. The number of ketones is 1. The first-order chi connectivity index (χ1) is 7.70. The topological polar surface area (TPSA) is 42.4 Å². The van der Waals surface area contributed by atoms with Crippen LogP contribution in [-0.2, 0) is 4.74 Å². The summed E-state index contributed by atoms with van der Waals surface area (Å²) in [5.41, 5.74) is 0.467. The lowest BCUT2D eigenvalue weighted by Crippen LogP contribution is -2.41. The van der Waals surface area contributed by atoms with Crippen molar-refractivity contribution in [1.29, 1.82) is 0 Å². The maximum atomic E-state index is 11.3. The number of carbonyl (C=O) groups excluding carboxylic acids is 1. The molecule has 4 nitrogen and oxygen atoms in total. The Hall–Kier alpha value is -0.650. The van der Waals surface area contributed by atoms with Crippen molar-refractivity contribution in [3.8, 4) is 0 Å². The number of hydrogen-bond acceptors (Lipinski definition) is 5. The Kier molecular flexibility index (Phi) is 3.78. The second kappa shape index (κ2) is 5.12. The number of aromatic nitrogens is 1. The largest absolute Gasteiger partial charge is 0.375 e. The number of anilines is 1. The van der Waals surface area contributed by atoms with Gasteiger partial charge in [0.25, 0.3) is 0 Å². The third-order valence-electron chi connectivity index (χ3n) is 2.41. The highest BCUT2D eigenvalue weighted by Gasteiger charge is 2.20. The fourth-order valence-electron chi connectivity index (χ4n) is 1.60. The molecule has 1 fully saturated rings. The lowest BCUT2D eigenvalue weighted by Gasteiger charge is -2.30. The molecule has 16 heavy (non-hydrogen) atoms. The van der Waals surface area contributed by atoms with E-state index in [1.54, 1.807) is 5.38 Å². The zero-order valence-electron chi connectivity index (χ0n) is 8.98. The number of morpholine rings is 1. The number of thiazole rings is 1. The molecule has 0 bridgehead atoms. The molecule has 1 aromatic heterocycles. The van der Waals surface area contributed by atoms with E-state index in [1.165, 1.54) is 11.3 Å². The van der Waals surface area contributed by atoms with Gasteiger partial charge in [-0.3, -0.25) is 4.79 Å². The quantitative estimate of drug-likeness (QED) is 0.614. The van der Waals surface area contributed by atoms with Gasteiger partial charge in [-0.25, -0.2) is 4.98 Å². The van der Waals surface area contributed by atoms with Crippen LogP contribution in [0.15, 0.2) is 5.38 Å². The number of carbonyl (C=O) groups is 1. The molecular formula is C10H13ClN2O2S. The highest BCUT2D eigenvalue weighted by molar-refractivity contribution is 7.14. The number of halogens is 1. The van der Waals surface area contributed by atoms with E-state index in [4.69, 9.17) is 16.3 Å². The van der Waals surface area contributed by atoms with Crippen molar-refractivity contribution in [2.75, 3.05) is 30.5 Å². The molecule has 1 saturated heterocycles. The first-order valence-corrected chi connectivity index (χ1v) is 6.53. The van der Waals surface area contributed by atoms with Crippen LogP contribution in [0.1, 0.15) is 17.4 Å². The molecule has 0 spiro atoms. The van der Waals surface area contributed by atoms with Gasteiger partial charge in [0.15, 0.2) is 10.9 Å². The van der Waals surface area contributed by atoms with Gasteiger partial charge in [-0.2, -0.15) is 0 Å². The van der Waals surface area contributed by atoms with Gasteiger partial charge in [-0.1, -0.05) is 0 Å². The summed E-state index contributed by atoms with van der Waals surface area (Å²) in [6.45, 7) is 4.39. The van der Waals surface area contributed by atoms with E-state index >= 15 is 0 Å². The summed E-state index contributed by atoms with van der Waals surface area (Å²) < 4.78 is 5.45. The molecule has 0 amide bonds. The molecule has 88 valence electrons. The lowest BCUT2D eigenvalue weighted by molar-refractivity contribution is 0.0532. The van der Waals surface area contributed by atoms with E-state index in [-0.39, 0.29) is 17.8 Å². The van der Waals surface area contributed by atoms with Crippen molar-refractivity contribution >= 4 is 33.9 Å². The van der Waals surface area contributed by atoms with Crippen molar-refractivity contribution in [3.05, 3.63) is 11.1 Å². The standard InChI is InChI=1S/C10H13ClN2O2S/c1-7-5-13(2-3-15-7)10-12-8(6-16-10)9(14)4-11/h6-7H,2-5H2,1H3. The van der Waals surface area contributed by atoms with Gasteiger partial charge in [-0.15, -0.1) is 22.9 Å². The van der Waals surface area contributed by atoms with Crippen LogP contribution in [-0.4, -0.2) is 42.4 Å². The van der Waals surface area contributed by atoms with E-state index in [1.807, 2.05) is 6.92 Å². The Balaban J connectivity index is 2.09. The third kappa shape index (κ3) is 2.53. The van der Waals surface area contributed by atoms with Gasteiger partial charge in [0, 0.05) is 18.5 Å². The minimum Gasteiger partial charge on any atom is -0.375 e. The maximum absolute atomic E-state index is 11.3. The summed E-state index contributed by atoms with van der Waals surface area (Å²) in [5, 5.41) is 2.64. The first-order valence-electron chi connectivity index (χ1n) is 5.12. The van der Waals surface area contributed by atoms with Crippen LogP contribution >= 0.6 is 22.9 Å². The molecule has 1 atom stereocenters. The minimum atomic E-state index is -0.120. The number of Topliss-reactive ketones (excluding diaryl/α,β-unsaturated/α-hetero) is 1. The Bertz CT molecular complexity index is 383. The Morgan fingerprint density at radius 2 is 2.62 bits per heavy atom. The van der Waals surface area contributed by atoms with E-state index in [2.05, 4.69) is 9.88 Å². The summed E-state index contributed by atoms with van der Waals surface area (Å²) in [7, 11) is 0. The molecule has 0 aliphatic carbocycles. The molecule has 0 saturated carbocycles. The van der Waals surface area contributed by atoms with Gasteiger partial charge in [0.05, 0.1) is 18.6 Å². The second-order valence-corrected chi connectivity index (χ2v) is 4.80. The normalized spacial score (nSPS) is 21.1. The van der Waals surface area contributed by atoms with Crippen molar-refractivity contribution in [2.24, 2.45) is 0 Å². The van der Waals surface area contributed by atoms with E-state index in [0.29, 0.717) is 12.3 Å². The van der Waals surface area contributed by atoms with Gasteiger partial charge < -0.3 is 9.64 Å². The molecule has 6 heteroatoms. The molecule has 0 N–H and O–H groups in total. The number of nitrogens with zero attached hydrogens (tertiary/aromatic N) is 2. The predicted octanol–water partition coefficient (Wildman–Crippen LogP) is 1.79. The molecule has 2 heterocycles. The maximum Gasteiger partial charge on any atom is 0.196 e. The van der Waals surface area contributed by atoms with Gasteiger partial charge in [-0.05, 0) is 6.92 Å². The number of ether oxygens (including phenoxy) is 1. The molecule has 1 aromatic rings. The summed E-state index contributed by atoms with van der Waals surface area (Å²) in [4.78, 5) is 17.8. The number of alkyl halides is 1. The summed E-state index contributed by atoms with van der Waals surface area (Å²) in [6, 6.07) is 0. The van der Waals surface area contributed by atoms with Crippen molar-refractivity contribution in [3.63, 3.8) is 0 Å². The van der Waals surface area contributed by atoms with Crippen LogP contribution in [0.3, 0.4) is 0 Å². The Labute approximate surface area is 103 Å². The fourth-order valence-corrected chi connectivity index (χ4v) is 2.60. The molecule has 2 rings (SSSR count). The van der Waals surface area contributed by atoms with Crippen LogP contribution in [0.25, 0.3) is 0 Å². The van der Waals surface area contributed by atoms with Crippen LogP contribution in [0, 0.1) is 0 Å². The van der Waals surface area contributed by atoms with Crippen LogP contribution < -0.4 is 4.90 Å². The summed E-state index contributed by atoms with van der Waals surface area (Å²) in [6.07, 6.45) is 0.213. The SMILES string of the molecule is CC1CN(c2nc(C(=O)CCl)cs2)CCO1. The summed E-state index contributed by atoms with van der Waals surface area (Å²) in [5.74, 6) is -0.131. The molecular weight excluding hydrogens is 248 g/mol. The summed E-state index contributed by atoms with van der Waals surface area (Å²) >= 11 is 6.97. The van der Waals surface area contributed by atoms with Gasteiger partial charge >= 0.3 is 0 Å². The van der Waals surface area contributed by atoms with Crippen LogP contribution in [0.2, 0.25) is 0 Å². The average molecular weight is 261 g/mol. The molecule has 0 aromatic carbocycles. The second-order valence-electron chi connectivity index (χ2n) is 3.70. The van der Waals surface area contributed by atoms with Crippen molar-refractivity contribution < 1.29 is 9.53 Å². The van der Waals surface area contributed by atoms with Gasteiger partial charge in [0.1, 0.15) is 5.69 Å². The van der Waals surface area contributed by atoms with Gasteiger partial charge in [0.2, 0.25) is 0 Å². The first kappa shape index (κ1) is 11.8. The monoisotopic (exact) mass is 260 g/mol. The van der Waals surface area contributed by atoms with E-state index < -0.39 is 0 Å². The van der Waals surface area contributed by atoms with Crippen molar-refractivity contribution in [2.45, 2.75) is 13.0 Å². The van der Waals surface area contributed by atoms with E-state index in [9.17, 15) is 4.79 Å². The fraction of sp³-hybridized carbons (Fsp3) is 0.600. The highest BCUT2D eigenvalue weighted by Crippen LogP contribution is 2.23. The highest BCUT2D eigenvalue weighted by atomic mass is 35.5. The Morgan fingerprint density at radius 3 is 3.31 bits per heavy atom. The zero-order valence-corrected chi connectivity index (χ0v) is 10.6. The molecule has 1 unspecified atom stereocenters. The Morgan fingerprint density at radius 1 is 1.81 bits per heavy atom. The van der Waals surface area contributed by atoms with Crippen LogP contribution in [0.5, 0.6) is 0 Å². The molecule has 1 aliphatic heterocycles.